The molecule has 2 rings (SSSR count). The highest BCUT2D eigenvalue weighted by Crippen LogP contribution is 2.27. The minimum absolute atomic E-state index is 0.224. The molecule has 1 aliphatic rings. The molecular formula is C12H19N3O2. The first kappa shape index (κ1) is 12.0. The van der Waals surface area contributed by atoms with Crippen molar-refractivity contribution in [1.82, 2.24) is 14.7 Å². The number of hydrogen-bond acceptors (Lipinski definition) is 3. The van der Waals surface area contributed by atoms with Gasteiger partial charge in [-0.25, -0.2) is 4.79 Å². The molecule has 1 aliphatic heterocycles. The van der Waals surface area contributed by atoms with Crippen molar-refractivity contribution in [2.45, 2.75) is 32.3 Å². The zero-order chi connectivity index (χ0) is 12.6. The summed E-state index contributed by atoms with van der Waals surface area (Å²) in [4.78, 5) is 13.4. The second kappa shape index (κ2) is 4.05. The van der Waals surface area contributed by atoms with Crippen LogP contribution in [0.4, 0.5) is 4.79 Å². The second-order valence-electron chi connectivity index (χ2n) is 5.53. The van der Waals surface area contributed by atoms with Crippen LogP contribution in [0.1, 0.15) is 32.3 Å². The summed E-state index contributed by atoms with van der Waals surface area (Å²) in [6.45, 7) is 7.08. The van der Waals surface area contributed by atoms with E-state index in [-0.39, 0.29) is 6.09 Å². The topological polar surface area (TPSA) is 47.4 Å². The van der Waals surface area contributed by atoms with Crippen molar-refractivity contribution in [2.75, 3.05) is 13.1 Å². The third-order valence-electron chi connectivity index (χ3n) is 2.73. The Bertz CT molecular complexity index is 414. The average Bonchev–Trinajstić information content (AvgIpc) is 2.45. The highest BCUT2D eigenvalue weighted by Gasteiger charge is 2.34. The SMILES string of the molecule is Cn1cc(C2CN(C(=O)OC(C)(C)C)C2)cn1. The van der Waals surface area contributed by atoms with E-state index in [0.717, 1.165) is 13.1 Å². The van der Waals surface area contributed by atoms with Gasteiger partial charge in [-0.1, -0.05) is 0 Å². The molecule has 1 saturated heterocycles. The maximum Gasteiger partial charge on any atom is 0.410 e. The van der Waals surface area contributed by atoms with E-state index in [9.17, 15) is 4.79 Å². The Kier molecular flexibility index (Phi) is 2.85. The summed E-state index contributed by atoms with van der Waals surface area (Å²) in [5.74, 6) is 0.399. The summed E-state index contributed by atoms with van der Waals surface area (Å²) in [5.41, 5.74) is 0.767. The standard InChI is InChI=1S/C12H19N3O2/c1-12(2,3)17-11(16)15-7-10(8-15)9-5-13-14(4)6-9/h5-6,10H,7-8H2,1-4H3. The molecule has 0 bridgehead atoms. The predicted molar refractivity (Wildman–Crippen MR) is 63.8 cm³/mol. The minimum atomic E-state index is -0.420. The molecule has 94 valence electrons. The molecule has 0 spiro atoms. The van der Waals surface area contributed by atoms with E-state index < -0.39 is 5.60 Å². The van der Waals surface area contributed by atoms with Crippen molar-refractivity contribution in [3.05, 3.63) is 18.0 Å². The largest absolute Gasteiger partial charge is 0.444 e. The fourth-order valence-electron chi connectivity index (χ4n) is 1.82. The van der Waals surface area contributed by atoms with Crippen LogP contribution in [0.15, 0.2) is 12.4 Å². The quantitative estimate of drug-likeness (QED) is 0.747. The van der Waals surface area contributed by atoms with Crippen molar-refractivity contribution in [3.63, 3.8) is 0 Å². The number of hydrogen-bond donors (Lipinski definition) is 0. The van der Waals surface area contributed by atoms with Crippen LogP contribution in [0.2, 0.25) is 0 Å². The van der Waals surface area contributed by atoms with Gasteiger partial charge in [-0.2, -0.15) is 5.10 Å². The van der Waals surface area contributed by atoms with E-state index in [0.29, 0.717) is 5.92 Å². The van der Waals surface area contributed by atoms with Gasteiger partial charge in [0, 0.05) is 32.3 Å². The molecule has 1 aromatic rings. The van der Waals surface area contributed by atoms with Gasteiger partial charge in [0.2, 0.25) is 0 Å². The van der Waals surface area contributed by atoms with Crippen LogP contribution >= 0.6 is 0 Å². The Labute approximate surface area is 101 Å². The van der Waals surface area contributed by atoms with Crippen molar-refractivity contribution < 1.29 is 9.53 Å². The van der Waals surface area contributed by atoms with E-state index in [1.165, 1.54) is 5.56 Å². The lowest BCUT2D eigenvalue weighted by atomic mass is 9.95. The lowest BCUT2D eigenvalue weighted by Crippen LogP contribution is -2.50. The Morgan fingerprint density at radius 1 is 1.47 bits per heavy atom. The van der Waals surface area contributed by atoms with Gasteiger partial charge in [0.1, 0.15) is 5.60 Å². The molecule has 0 aromatic carbocycles. The number of rotatable bonds is 1. The van der Waals surface area contributed by atoms with Gasteiger partial charge >= 0.3 is 6.09 Å². The zero-order valence-corrected chi connectivity index (χ0v) is 10.8. The van der Waals surface area contributed by atoms with Crippen LogP contribution in [0, 0.1) is 0 Å². The number of aryl methyl sites for hydroxylation is 1. The fraction of sp³-hybridized carbons (Fsp3) is 0.667. The Balaban J connectivity index is 1.85. The molecule has 2 heterocycles. The van der Waals surface area contributed by atoms with Crippen LogP contribution in [-0.4, -0.2) is 39.5 Å². The first-order valence-electron chi connectivity index (χ1n) is 5.81. The fourth-order valence-corrected chi connectivity index (χ4v) is 1.82. The molecule has 1 amide bonds. The predicted octanol–water partition coefficient (Wildman–Crippen LogP) is 1.75. The zero-order valence-electron chi connectivity index (χ0n) is 10.8. The molecule has 1 fully saturated rings. The molecule has 0 saturated carbocycles. The first-order valence-corrected chi connectivity index (χ1v) is 5.81. The van der Waals surface area contributed by atoms with Gasteiger partial charge in [-0.05, 0) is 26.3 Å². The Morgan fingerprint density at radius 2 is 2.12 bits per heavy atom. The van der Waals surface area contributed by atoms with Crippen LogP contribution < -0.4 is 0 Å². The number of amides is 1. The molecule has 5 nitrogen and oxygen atoms in total. The number of ether oxygens (including phenoxy) is 1. The van der Waals surface area contributed by atoms with Gasteiger partial charge in [0.05, 0.1) is 6.20 Å². The first-order chi connectivity index (χ1) is 7.85. The Morgan fingerprint density at radius 3 is 2.59 bits per heavy atom. The van der Waals surface area contributed by atoms with Crippen LogP contribution in [-0.2, 0) is 11.8 Å². The number of likely N-dealkylation sites (tertiary alicyclic amines) is 1. The van der Waals surface area contributed by atoms with Gasteiger partial charge in [0.25, 0.3) is 0 Å². The summed E-state index contributed by atoms with van der Waals surface area (Å²) in [7, 11) is 1.90. The van der Waals surface area contributed by atoms with Crippen molar-refractivity contribution in [1.29, 1.82) is 0 Å². The normalized spacial score (nSPS) is 16.8. The number of aromatic nitrogens is 2. The molecule has 5 heteroatoms. The van der Waals surface area contributed by atoms with Crippen LogP contribution in [0.5, 0.6) is 0 Å². The number of carbonyl (C=O) groups excluding carboxylic acids is 1. The molecule has 0 atom stereocenters. The molecule has 17 heavy (non-hydrogen) atoms. The molecule has 0 aliphatic carbocycles. The van der Waals surface area contributed by atoms with Gasteiger partial charge in [-0.15, -0.1) is 0 Å². The van der Waals surface area contributed by atoms with E-state index in [1.54, 1.807) is 9.58 Å². The highest BCUT2D eigenvalue weighted by molar-refractivity contribution is 5.69. The van der Waals surface area contributed by atoms with Crippen LogP contribution in [0.25, 0.3) is 0 Å². The van der Waals surface area contributed by atoms with Crippen molar-refractivity contribution >= 4 is 6.09 Å². The number of nitrogens with zero attached hydrogens (tertiary/aromatic N) is 3. The maximum atomic E-state index is 11.7. The summed E-state index contributed by atoms with van der Waals surface area (Å²) in [6.07, 6.45) is 3.63. The summed E-state index contributed by atoms with van der Waals surface area (Å²) in [5, 5.41) is 4.13. The molecule has 0 unspecified atom stereocenters. The summed E-state index contributed by atoms with van der Waals surface area (Å²) in [6, 6.07) is 0. The maximum absolute atomic E-state index is 11.7. The summed E-state index contributed by atoms with van der Waals surface area (Å²) >= 11 is 0. The van der Waals surface area contributed by atoms with E-state index in [4.69, 9.17) is 4.74 Å². The van der Waals surface area contributed by atoms with E-state index in [2.05, 4.69) is 5.10 Å². The van der Waals surface area contributed by atoms with E-state index in [1.807, 2.05) is 40.2 Å². The molecular weight excluding hydrogens is 218 g/mol. The second-order valence-corrected chi connectivity index (χ2v) is 5.53. The smallest absolute Gasteiger partial charge is 0.410 e. The van der Waals surface area contributed by atoms with E-state index >= 15 is 0 Å². The lowest BCUT2D eigenvalue weighted by molar-refractivity contribution is 0.00819. The molecule has 1 aromatic heterocycles. The number of carbonyl (C=O) groups is 1. The molecule has 0 N–H and O–H groups in total. The summed E-state index contributed by atoms with van der Waals surface area (Å²) < 4.78 is 7.08. The molecule has 0 radical (unpaired) electrons. The van der Waals surface area contributed by atoms with Crippen LogP contribution in [0.3, 0.4) is 0 Å². The van der Waals surface area contributed by atoms with Crippen molar-refractivity contribution in [3.8, 4) is 0 Å². The minimum Gasteiger partial charge on any atom is -0.444 e. The van der Waals surface area contributed by atoms with Gasteiger partial charge in [-0.3, -0.25) is 4.68 Å². The van der Waals surface area contributed by atoms with Crippen molar-refractivity contribution in [2.24, 2.45) is 7.05 Å². The third-order valence-corrected chi connectivity index (χ3v) is 2.73. The highest BCUT2D eigenvalue weighted by atomic mass is 16.6. The monoisotopic (exact) mass is 237 g/mol. The van der Waals surface area contributed by atoms with Gasteiger partial charge < -0.3 is 9.64 Å². The lowest BCUT2D eigenvalue weighted by Gasteiger charge is -2.39. The van der Waals surface area contributed by atoms with Gasteiger partial charge in [0.15, 0.2) is 0 Å². The third kappa shape index (κ3) is 2.78. The average molecular weight is 237 g/mol. The Hall–Kier alpha value is -1.52.